The molecule has 1 aliphatic heterocycles. The number of nitrogens with one attached hydrogen (secondary N) is 1. The van der Waals surface area contributed by atoms with Crippen molar-refractivity contribution in [3.8, 4) is 11.5 Å². The van der Waals surface area contributed by atoms with Gasteiger partial charge < -0.3 is 19.6 Å². The topological polar surface area (TPSA) is 105 Å². The van der Waals surface area contributed by atoms with Crippen LogP contribution in [0.1, 0.15) is 28.3 Å². The summed E-state index contributed by atoms with van der Waals surface area (Å²) < 4.78 is 10.7. The molecule has 0 bridgehead atoms. The Morgan fingerprint density at radius 1 is 1.03 bits per heavy atom. The molecule has 4 aromatic rings. The van der Waals surface area contributed by atoms with Crippen LogP contribution in [-0.2, 0) is 9.59 Å². The van der Waals surface area contributed by atoms with Crippen molar-refractivity contribution in [1.29, 1.82) is 0 Å². The monoisotopic (exact) mass is 517 g/mol. The Hall–Kier alpha value is -4.30. The lowest BCUT2D eigenvalue weighted by atomic mass is 9.95. The van der Waals surface area contributed by atoms with E-state index in [1.54, 1.807) is 36.4 Å². The predicted octanol–water partition coefficient (Wildman–Crippen LogP) is 5.48. The van der Waals surface area contributed by atoms with Crippen LogP contribution in [0, 0.1) is 13.8 Å². The van der Waals surface area contributed by atoms with Crippen LogP contribution in [0.5, 0.6) is 11.5 Å². The van der Waals surface area contributed by atoms with Crippen LogP contribution in [0.15, 0.2) is 60.2 Å². The van der Waals surface area contributed by atoms with Gasteiger partial charge in [0.25, 0.3) is 5.78 Å². The number of fused-ring (bicyclic) bond motifs is 1. The lowest BCUT2D eigenvalue weighted by molar-refractivity contribution is -0.132. The van der Waals surface area contributed by atoms with E-state index in [-0.39, 0.29) is 22.8 Å². The lowest BCUT2D eigenvalue weighted by Crippen LogP contribution is -2.30. The number of ether oxygens (including phenoxy) is 2. The van der Waals surface area contributed by atoms with Crippen LogP contribution in [0.4, 0.5) is 5.95 Å². The molecule has 8 nitrogen and oxygen atoms in total. The average molecular weight is 518 g/mol. The van der Waals surface area contributed by atoms with Gasteiger partial charge in [0.05, 0.1) is 41.9 Å². The fourth-order valence-corrected chi connectivity index (χ4v) is 4.71. The molecular formula is C28H24ClN3O5. The first-order valence-electron chi connectivity index (χ1n) is 11.5. The van der Waals surface area contributed by atoms with Crippen molar-refractivity contribution in [2.45, 2.75) is 19.9 Å². The number of carbonyl (C=O) groups is 2. The van der Waals surface area contributed by atoms with E-state index in [1.807, 2.05) is 26.0 Å². The minimum Gasteiger partial charge on any atom is -0.507 e. The first-order chi connectivity index (χ1) is 17.7. The minimum absolute atomic E-state index is 0.0876. The summed E-state index contributed by atoms with van der Waals surface area (Å²) in [6.07, 6.45) is 0. The SMILES string of the molecule is COc1cccc(C2/C(=C(\O)c3ccc(Cl)c(OC)c3)C(=O)C(=O)N2c2nc3cc(C)c(C)cc3[nH]2)c1. The normalized spacial score (nSPS) is 17.0. The summed E-state index contributed by atoms with van der Waals surface area (Å²) in [5.74, 6) is -0.961. The molecule has 1 aromatic heterocycles. The Labute approximate surface area is 218 Å². The number of amides is 1. The smallest absolute Gasteiger partial charge is 0.302 e. The molecule has 1 saturated heterocycles. The lowest BCUT2D eigenvalue weighted by Gasteiger charge is -2.23. The number of imidazole rings is 1. The van der Waals surface area contributed by atoms with Crippen LogP contribution in [0.25, 0.3) is 16.8 Å². The number of H-pyrrole nitrogens is 1. The van der Waals surface area contributed by atoms with Gasteiger partial charge in [-0.3, -0.25) is 14.5 Å². The van der Waals surface area contributed by atoms with Crippen molar-refractivity contribution in [2.24, 2.45) is 0 Å². The van der Waals surface area contributed by atoms with E-state index < -0.39 is 17.7 Å². The van der Waals surface area contributed by atoms with Crippen molar-refractivity contribution >= 4 is 46.0 Å². The van der Waals surface area contributed by atoms with Gasteiger partial charge in [0.1, 0.15) is 17.3 Å². The van der Waals surface area contributed by atoms with Crippen LogP contribution >= 0.6 is 11.6 Å². The van der Waals surface area contributed by atoms with Gasteiger partial charge in [-0.05, 0) is 73.0 Å². The number of methoxy groups -OCH3 is 2. The molecule has 0 spiro atoms. The fraction of sp³-hybridized carbons (Fsp3) is 0.179. The molecule has 1 atom stereocenters. The third kappa shape index (κ3) is 4.09. The molecule has 2 heterocycles. The Morgan fingerprint density at radius 3 is 2.51 bits per heavy atom. The molecule has 9 heteroatoms. The number of aliphatic hydroxyl groups excluding tert-OH is 1. The van der Waals surface area contributed by atoms with E-state index >= 15 is 0 Å². The largest absolute Gasteiger partial charge is 0.507 e. The molecule has 0 aliphatic carbocycles. The van der Waals surface area contributed by atoms with Crippen molar-refractivity contribution in [3.63, 3.8) is 0 Å². The number of rotatable bonds is 5. The Morgan fingerprint density at radius 2 is 1.78 bits per heavy atom. The second kappa shape index (κ2) is 9.29. The Bertz CT molecular complexity index is 1570. The van der Waals surface area contributed by atoms with E-state index in [0.717, 1.165) is 16.6 Å². The number of aliphatic hydroxyl groups is 1. The number of nitrogens with zero attached hydrogens (tertiary/aromatic N) is 2. The third-order valence-electron chi connectivity index (χ3n) is 6.59. The molecule has 5 rings (SSSR count). The highest BCUT2D eigenvalue weighted by atomic mass is 35.5. The predicted molar refractivity (Wildman–Crippen MR) is 141 cm³/mol. The minimum atomic E-state index is -0.973. The van der Waals surface area contributed by atoms with Crippen LogP contribution in [0.3, 0.4) is 0 Å². The maximum atomic E-state index is 13.5. The van der Waals surface area contributed by atoms with Crippen molar-refractivity contribution in [2.75, 3.05) is 19.1 Å². The maximum absolute atomic E-state index is 13.5. The summed E-state index contributed by atoms with van der Waals surface area (Å²) >= 11 is 6.16. The summed E-state index contributed by atoms with van der Waals surface area (Å²) in [6, 6.07) is 14.5. The standard InChI is InChI=1S/C28H24ClN3O5/c1-14-10-20-21(11-15(14)2)31-28(30-20)32-24(16-6-5-7-18(12-16)36-3)23(26(34)27(32)35)25(33)17-8-9-19(29)22(13-17)37-4/h5-13,24,33H,1-4H3,(H,30,31)/b25-23+. The molecule has 1 unspecified atom stereocenters. The zero-order chi connectivity index (χ0) is 26.4. The zero-order valence-electron chi connectivity index (χ0n) is 20.6. The number of aromatic nitrogens is 2. The van der Waals surface area contributed by atoms with Crippen LogP contribution < -0.4 is 14.4 Å². The van der Waals surface area contributed by atoms with Gasteiger partial charge in [-0.15, -0.1) is 0 Å². The third-order valence-corrected chi connectivity index (χ3v) is 6.90. The van der Waals surface area contributed by atoms with Gasteiger partial charge in [-0.2, -0.15) is 0 Å². The van der Waals surface area contributed by atoms with Gasteiger partial charge in [-0.25, -0.2) is 4.98 Å². The van der Waals surface area contributed by atoms with Gasteiger partial charge in [0.15, 0.2) is 0 Å². The molecule has 1 aliphatic rings. The molecule has 0 saturated carbocycles. The van der Waals surface area contributed by atoms with Crippen LogP contribution in [0.2, 0.25) is 5.02 Å². The highest BCUT2D eigenvalue weighted by Gasteiger charge is 2.48. The zero-order valence-corrected chi connectivity index (χ0v) is 21.4. The first-order valence-corrected chi connectivity index (χ1v) is 11.9. The average Bonchev–Trinajstić information content (AvgIpc) is 3.41. The molecular weight excluding hydrogens is 494 g/mol. The van der Waals surface area contributed by atoms with Gasteiger partial charge in [0.2, 0.25) is 5.95 Å². The summed E-state index contributed by atoms with van der Waals surface area (Å²) in [4.78, 5) is 36.0. The second-order valence-electron chi connectivity index (χ2n) is 8.81. The van der Waals surface area contributed by atoms with Crippen molar-refractivity contribution < 1.29 is 24.2 Å². The van der Waals surface area contributed by atoms with E-state index in [4.69, 9.17) is 21.1 Å². The van der Waals surface area contributed by atoms with E-state index in [1.165, 1.54) is 25.2 Å². The number of carbonyl (C=O) groups excluding carboxylic acids is 2. The highest BCUT2D eigenvalue weighted by Crippen LogP contribution is 2.43. The van der Waals surface area contributed by atoms with E-state index in [2.05, 4.69) is 9.97 Å². The fourth-order valence-electron chi connectivity index (χ4n) is 4.51. The summed E-state index contributed by atoms with van der Waals surface area (Å²) in [5.41, 5.74) is 4.25. The number of hydrogen-bond donors (Lipinski definition) is 2. The summed E-state index contributed by atoms with van der Waals surface area (Å²) in [5, 5.41) is 11.7. The highest BCUT2D eigenvalue weighted by molar-refractivity contribution is 6.51. The van der Waals surface area contributed by atoms with Crippen molar-refractivity contribution in [1.82, 2.24) is 9.97 Å². The number of benzene rings is 3. The quantitative estimate of drug-likeness (QED) is 0.206. The first kappa shape index (κ1) is 24.4. The molecule has 2 N–H and O–H groups in total. The number of halogens is 1. The molecule has 0 radical (unpaired) electrons. The molecule has 37 heavy (non-hydrogen) atoms. The maximum Gasteiger partial charge on any atom is 0.302 e. The number of ketones is 1. The van der Waals surface area contributed by atoms with Gasteiger partial charge in [-0.1, -0.05) is 23.7 Å². The second-order valence-corrected chi connectivity index (χ2v) is 9.22. The number of anilines is 1. The Balaban J connectivity index is 1.74. The summed E-state index contributed by atoms with van der Waals surface area (Å²) in [7, 11) is 2.98. The molecule has 1 amide bonds. The van der Waals surface area contributed by atoms with Gasteiger partial charge >= 0.3 is 5.91 Å². The van der Waals surface area contributed by atoms with Gasteiger partial charge in [0, 0.05) is 5.56 Å². The number of aromatic amines is 1. The van der Waals surface area contributed by atoms with Crippen LogP contribution in [-0.4, -0.2) is 41.0 Å². The number of aryl methyl sites for hydroxylation is 2. The molecule has 3 aromatic carbocycles. The van der Waals surface area contributed by atoms with Crippen molar-refractivity contribution in [3.05, 3.63) is 87.4 Å². The summed E-state index contributed by atoms with van der Waals surface area (Å²) in [6.45, 7) is 3.96. The number of Topliss-reactive ketones (excluding diaryl/α,β-unsaturated/α-hetero) is 1. The van der Waals surface area contributed by atoms with E-state index in [0.29, 0.717) is 27.6 Å². The molecule has 1 fully saturated rings. The number of hydrogen-bond acceptors (Lipinski definition) is 6. The van der Waals surface area contributed by atoms with E-state index in [9.17, 15) is 14.7 Å². The molecule has 188 valence electrons. The Kier molecular flexibility index (Phi) is 6.13.